The summed E-state index contributed by atoms with van der Waals surface area (Å²) in [5.41, 5.74) is 1.37. The smallest absolute Gasteiger partial charge is 0.255 e. The third kappa shape index (κ3) is 3.58. The van der Waals surface area contributed by atoms with Crippen LogP contribution in [-0.2, 0) is 16.6 Å². The van der Waals surface area contributed by atoms with Crippen molar-refractivity contribution in [2.24, 2.45) is 0 Å². The molecule has 1 N–H and O–H groups in total. The molecule has 0 radical (unpaired) electrons. The van der Waals surface area contributed by atoms with Crippen LogP contribution in [0.4, 0.5) is 11.4 Å². The number of anilines is 2. The van der Waals surface area contributed by atoms with E-state index in [1.54, 1.807) is 36.5 Å². The SMILES string of the molecule is CCn1cc(NC(=O)c2ccc(N3CCCS3(=O)=O)cc2)ccc1=O. The van der Waals surface area contributed by atoms with Crippen molar-refractivity contribution in [1.82, 2.24) is 4.57 Å². The Morgan fingerprint density at radius 2 is 1.88 bits per heavy atom. The van der Waals surface area contributed by atoms with Crippen molar-refractivity contribution in [3.8, 4) is 0 Å². The molecule has 1 aromatic carbocycles. The van der Waals surface area contributed by atoms with Gasteiger partial charge in [-0.1, -0.05) is 0 Å². The van der Waals surface area contributed by atoms with Crippen LogP contribution in [-0.4, -0.2) is 31.2 Å². The zero-order valence-electron chi connectivity index (χ0n) is 13.8. The van der Waals surface area contributed by atoms with E-state index in [1.807, 2.05) is 6.92 Å². The van der Waals surface area contributed by atoms with E-state index < -0.39 is 10.0 Å². The van der Waals surface area contributed by atoms with Crippen molar-refractivity contribution in [2.45, 2.75) is 19.9 Å². The van der Waals surface area contributed by atoms with Crippen LogP contribution in [0.15, 0.2) is 47.4 Å². The monoisotopic (exact) mass is 361 g/mol. The first-order valence-electron chi connectivity index (χ1n) is 8.03. The highest BCUT2D eigenvalue weighted by molar-refractivity contribution is 7.93. The second kappa shape index (κ2) is 6.72. The largest absolute Gasteiger partial charge is 0.321 e. The van der Waals surface area contributed by atoms with Crippen molar-refractivity contribution in [2.75, 3.05) is 21.9 Å². The standard InChI is InChI=1S/C17H19N3O4S/c1-2-19-12-14(6-9-16(19)21)18-17(22)13-4-7-15(8-5-13)20-10-3-11-25(20,23)24/h4-9,12H,2-3,10-11H2,1H3,(H,18,22). The number of carbonyl (C=O) groups is 1. The molecule has 8 heteroatoms. The molecule has 0 unspecified atom stereocenters. The molecule has 7 nitrogen and oxygen atoms in total. The Morgan fingerprint density at radius 1 is 1.16 bits per heavy atom. The predicted octanol–water partition coefficient (Wildman–Crippen LogP) is 1.66. The van der Waals surface area contributed by atoms with Gasteiger partial charge in [0.2, 0.25) is 10.0 Å². The summed E-state index contributed by atoms with van der Waals surface area (Å²) >= 11 is 0. The van der Waals surface area contributed by atoms with E-state index in [9.17, 15) is 18.0 Å². The van der Waals surface area contributed by atoms with E-state index in [2.05, 4.69) is 5.32 Å². The third-order valence-corrected chi connectivity index (χ3v) is 5.97. The van der Waals surface area contributed by atoms with Crippen molar-refractivity contribution in [3.05, 3.63) is 58.5 Å². The molecule has 25 heavy (non-hydrogen) atoms. The van der Waals surface area contributed by atoms with Crippen molar-refractivity contribution < 1.29 is 13.2 Å². The van der Waals surface area contributed by atoms with Crippen LogP contribution >= 0.6 is 0 Å². The maximum Gasteiger partial charge on any atom is 0.255 e. The van der Waals surface area contributed by atoms with Crippen molar-refractivity contribution in [3.63, 3.8) is 0 Å². The molecule has 1 aliphatic heterocycles. The molecule has 1 amide bonds. The molecule has 0 atom stereocenters. The summed E-state index contributed by atoms with van der Waals surface area (Å²) in [5, 5.41) is 2.73. The van der Waals surface area contributed by atoms with Gasteiger partial charge in [-0.3, -0.25) is 13.9 Å². The van der Waals surface area contributed by atoms with E-state index in [0.717, 1.165) is 0 Å². The van der Waals surface area contributed by atoms with Gasteiger partial charge in [-0.15, -0.1) is 0 Å². The van der Waals surface area contributed by atoms with Crippen LogP contribution in [0.1, 0.15) is 23.7 Å². The second-order valence-electron chi connectivity index (χ2n) is 5.78. The first-order chi connectivity index (χ1) is 11.9. The first kappa shape index (κ1) is 17.2. The number of aryl methyl sites for hydroxylation is 1. The maximum atomic E-state index is 12.3. The van der Waals surface area contributed by atoms with Gasteiger partial charge in [0.15, 0.2) is 0 Å². The Balaban J connectivity index is 1.76. The average Bonchev–Trinajstić information content (AvgIpc) is 2.96. The molecule has 1 fully saturated rings. The lowest BCUT2D eigenvalue weighted by Gasteiger charge is -2.17. The molecule has 3 rings (SSSR count). The molecule has 2 aromatic rings. The van der Waals surface area contributed by atoms with Gasteiger partial charge >= 0.3 is 0 Å². The summed E-state index contributed by atoms with van der Waals surface area (Å²) in [7, 11) is -3.23. The van der Waals surface area contributed by atoms with Crippen LogP contribution in [0.3, 0.4) is 0 Å². The Labute approximate surface area is 145 Å². The van der Waals surface area contributed by atoms with Gasteiger partial charge in [0.1, 0.15) is 0 Å². The maximum absolute atomic E-state index is 12.3. The van der Waals surface area contributed by atoms with E-state index >= 15 is 0 Å². The summed E-state index contributed by atoms with van der Waals surface area (Å²) in [6.45, 7) is 2.83. The van der Waals surface area contributed by atoms with Crippen molar-refractivity contribution in [1.29, 1.82) is 0 Å². The Kier molecular flexibility index (Phi) is 4.63. The van der Waals surface area contributed by atoms with Crippen LogP contribution in [0, 0.1) is 0 Å². The van der Waals surface area contributed by atoms with E-state index in [1.165, 1.54) is 14.9 Å². The number of nitrogens with zero attached hydrogens (tertiary/aromatic N) is 2. The number of aromatic nitrogens is 1. The molecule has 0 saturated carbocycles. The molecule has 1 aromatic heterocycles. The number of rotatable bonds is 4. The Morgan fingerprint density at radius 3 is 2.48 bits per heavy atom. The topological polar surface area (TPSA) is 88.5 Å². The number of carbonyl (C=O) groups excluding carboxylic acids is 1. The number of benzene rings is 1. The predicted molar refractivity (Wildman–Crippen MR) is 96.5 cm³/mol. The highest BCUT2D eigenvalue weighted by atomic mass is 32.2. The molecular formula is C17H19N3O4S. The van der Waals surface area contributed by atoms with Crippen LogP contribution < -0.4 is 15.2 Å². The molecule has 0 bridgehead atoms. The number of hydrogen-bond donors (Lipinski definition) is 1. The van der Waals surface area contributed by atoms with Gasteiger partial charge in [-0.25, -0.2) is 8.42 Å². The minimum absolute atomic E-state index is 0.128. The highest BCUT2D eigenvalue weighted by Gasteiger charge is 2.28. The van der Waals surface area contributed by atoms with Gasteiger partial charge < -0.3 is 9.88 Å². The first-order valence-corrected chi connectivity index (χ1v) is 9.64. The van der Waals surface area contributed by atoms with Gasteiger partial charge in [0.05, 0.1) is 17.1 Å². The fourth-order valence-electron chi connectivity index (χ4n) is 2.76. The Hall–Kier alpha value is -2.61. The fourth-order valence-corrected chi connectivity index (χ4v) is 4.33. The molecular weight excluding hydrogens is 342 g/mol. The summed E-state index contributed by atoms with van der Waals surface area (Å²) in [4.78, 5) is 23.9. The quantitative estimate of drug-likeness (QED) is 0.897. The molecule has 1 saturated heterocycles. The lowest BCUT2D eigenvalue weighted by Crippen LogP contribution is -2.25. The van der Waals surface area contributed by atoms with E-state index in [-0.39, 0.29) is 17.2 Å². The summed E-state index contributed by atoms with van der Waals surface area (Å²) in [5.74, 6) is -0.167. The average molecular weight is 361 g/mol. The Bertz CT molecular complexity index is 949. The minimum atomic E-state index is -3.23. The van der Waals surface area contributed by atoms with E-state index in [4.69, 9.17) is 0 Å². The van der Waals surface area contributed by atoms with Crippen LogP contribution in [0.2, 0.25) is 0 Å². The number of sulfonamides is 1. The molecule has 0 aliphatic carbocycles. The lowest BCUT2D eigenvalue weighted by atomic mass is 10.2. The lowest BCUT2D eigenvalue weighted by molar-refractivity contribution is 0.102. The van der Waals surface area contributed by atoms with Gasteiger partial charge in [-0.05, 0) is 43.7 Å². The molecule has 2 heterocycles. The van der Waals surface area contributed by atoms with Gasteiger partial charge in [0, 0.05) is 30.9 Å². The summed E-state index contributed by atoms with van der Waals surface area (Å²) in [6.07, 6.45) is 2.20. The molecule has 132 valence electrons. The van der Waals surface area contributed by atoms with Crippen molar-refractivity contribution >= 4 is 27.3 Å². The number of pyridine rings is 1. The van der Waals surface area contributed by atoms with Gasteiger partial charge in [0.25, 0.3) is 11.5 Å². The number of amides is 1. The fraction of sp³-hybridized carbons (Fsp3) is 0.294. The zero-order chi connectivity index (χ0) is 18.0. The molecule has 0 spiro atoms. The normalized spacial score (nSPS) is 16.0. The summed E-state index contributed by atoms with van der Waals surface area (Å²) in [6, 6.07) is 9.40. The number of hydrogen-bond acceptors (Lipinski definition) is 4. The number of nitrogens with one attached hydrogen (secondary N) is 1. The van der Waals surface area contributed by atoms with Crippen LogP contribution in [0.25, 0.3) is 0 Å². The van der Waals surface area contributed by atoms with Crippen LogP contribution in [0.5, 0.6) is 0 Å². The zero-order valence-corrected chi connectivity index (χ0v) is 14.6. The third-order valence-electron chi connectivity index (χ3n) is 4.10. The highest BCUT2D eigenvalue weighted by Crippen LogP contribution is 2.24. The van der Waals surface area contributed by atoms with E-state index in [0.29, 0.717) is 36.4 Å². The summed E-state index contributed by atoms with van der Waals surface area (Å²) < 4.78 is 26.7. The molecule has 1 aliphatic rings. The minimum Gasteiger partial charge on any atom is -0.321 e. The van der Waals surface area contributed by atoms with Gasteiger partial charge in [-0.2, -0.15) is 0 Å². The second-order valence-corrected chi connectivity index (χ2v) is 7.80.